The molecule has 0 saturated carbocycles. The van der Waals surface area contributed by atoms with Crippen LogP contribution in [0.5, 0.6) is 0 Å². The zero-order chi connectivity index (χ0) is 16.1. The molecule has 0 spiro atoms. The van der Waals surface area contributed by atoms with Gasteiger partial charge in [0, 0.05) is 25.6 Å². The average molecular weight is 344 g/mol. The van der Waals surface area contributed by atoms with E-state index in [2.05, 4.69) is 17.1 Å². The Morgan fingerprint density at radius 3 is 2.73 bits per heavy atom. The van der Waals surface area contributed by atoms with Crippen molar-refractivity contribution in [2.45, 2.75) is 32.2 Å². The van der Waals surface area contributed by atoms with Crippen molar-refractivity contribution in [1.82, 2.24) is 4.90 Å². The summed E-state index contributed by atoms with van der Waals surface area (Å²) < 4.78 is 0. The van der Waals surface area contributed by atoms with E-state index in [4.69, 9.17) is 28.9 Å². The third kappa shape index (κ3) is 4.59. The van der Waals surface area contributed by atoms with E-state index in [1.807, 2.05) is 0 Å². The largest absolute Gasteiger partial charge is 0.329 e. The molecule has 3 N–H and O–H groups in total. The van der Waals surface area contributed by atoms with Crippen molar-refractivity contribution in [2.75, 3.05) is 25.0 Å². The minimum absolute atomic E-state index is 0.0793. The highest BCUT2D eigenvalue weighted by Crippen LogP contribution is 2.30. The molecular weight excluding hydrogens is 321 g/mol. The van der Waals surface area contributed by atoms with E-state index in [0.29, 0.717) is 47.2 Å². The fourth-order valence-electron chi connectivity index (χ4n) is 2.90. The fraction of sp³-hybridized carbons (Fsp3) is 0.562. The van der Waals surface area contributed by atoms with E-state index in [1.165, 1.54) is 0 Å². The van der Waals surface area contributed by atoms with Gasteiger partial charge in [-0.15, -0.1) is 0 Å². The first-order valence-corrected chi connectivity index (χ1v) is 8.44. The van der Waals surface area contributed by atoms with E-state index in [0.717, 1.165) is 19.4 Å². The summed E-state index contributed by atoms with van der Waals surface area (Å²) in [7, 11) is 0. The van der Waals surface area contributed by atoms with Crippen LogP contribution in [-0.4, -0.2) is 36.5 Å². The molecule has 1 aromatic carbocycles. The van der Waals surface area contributed by atoms with Gasteiger partial charge in [0.1, 0.15) is 0 Å². The number of anilines is 1. The van der Waals surface area contributed by atoms with E-state index < -0.39 is 0 Å². The number of nitrogens with one attached hydrogen (secondary N) is 1. The van der Waals surface area contributed by atoms with Gasteiger partial charge in [-0.1, -0.05) is 36.2 Å². The molecule has 1 fully saturated rings. The average Bonchev–Trinajstić information content (AvgIpc) is 2.49. The summed E-state index contributed by atoms with van der Waals surface area (Å²) in [6.07, 6.45) is 2.68. The van der Waals surface area contributed by atoms with Crippen LogP contribution in [-0.2, 0) is 4.79 Å². The molecule has 0 aromatic heterocycles. The Morgan fingerprint density at radius 2 is 2.09 bits per heavy atom. The third-order valence-corrected chi connectivity index (χ3v) is 4.86. The number of rotatable bonds is 5. The van der Waals surface area contributed by atoms with Crippen molar-refractivity contribution in [2.24, 2.45) is 11.7 Å². The van der Waals surface area contributed by atoms with E-state index in [9.17, 15) is 4.79 Å². The molecule has 6 heteroatoms. The van der Waals surface area contributed by atoms with Crippen molar-refractivity contribution in [3.63, 3.8) is 0 Å². The molecule has 2 unspecified atom stereocenters. The number of nitrogens with zero attached hydrogens (tertiary/aromatic N) is 1. The Balaban J connectivity index is 1.87. The molecule has 0 aliphatic carbocycles. The highest BCUT2D eigenvalue weighted by Gasteiger charge is 2.25. The smallest absolute Gasteiger partial charge is 0.225 e. The van der Waals surface area contributed by atoms with Crippen LogP contribution in [0.25, 0.3) is 0 Å². The van der Waals surface area contributed by atoms with Crippen LogP contribution < -0.4 is 11.1 Å². The zero-order valence-corrected chi connectivity index (χ0v) is 14.3. The Labute approximate surface area is 141 Å². The number of para-hydroxylation sites is 1. The first kappa shape index (κ1) is 17.5. The van der Waals surface area contributed by atoms with Gasteiger partial charge in [-0.25, -0.2) is 0 Å². The maximum atomic E-state index is 12.1. The molecule has 2 rings (SSSR count). The molecule has 0 bridgehead atoms. The lowest BCUT2D eigenvalue weighted by molar-refractivity contribution is -0.116. The van der Waals surface area contributed by atoms with Crippen LogP contribution in [0.2, 0.25) is 10.0 Å². The Bertz CT molecular complexity index is 504. The third-order valence-electron chi connectivity index (χ3n) is 4.23. The molecule has 4 nitrogen and oxygen atoms in total. The van der Waals surface area contributed by atoms with Crippen LogP contribution in [0, 0.1) is 5.92 Å². The molecule has 0 radical (unpaired) electrons. The highest BCUT2D eigenvalue weighted by atomic mass is 35.5. The number of carbonyl (C=O) groups excluding carboxylic acids is 1. The van der Waals surface area contributed by atoms with Crippen LogP contribution >= 0.6 is 23.2 Å². The minimum Gasteiger partial charge on any atom is -0.329 e. The first-order valence-electron chi connectivity index (χ1n) is 7.69. The summed E-state index contributed by atoms with van der Waals surface area (Å²) in [5.74, 6) is 0.630. The fourth-order valence-corrected chi connectivity index (χ4v) is 3.40. The summed E-state index contributed by atoms with van der Waals surface area (Å²) in [5.41, 5.74) is 6.33. The Kier molecular flexibility index (Phi) is 6.50. The van der Waals surface area contributed by atoms with Gasteiger partial charge in [-0.2, -0.15) is 0 Å². The summed E-state index contributed by atoms with van der Waals surface area (Å²) in [4.78, 5) is 14.4. The molecule has 1 heterocycles. The predicted molar refractivity (Wildman–Crippen MR) is 92.5 cm³/mol. The number of halogens is 2. The van der Waals surface area contributed by atoms with Crippen molar-refractivity contribution >= 4 is 34.8 Å². The van der Waals surface area contributed by atoms with Crippen LogP contribution in [0.3, 0.4) is 0 Å². The normalized spacial score (nSPS) is 22.5. The SMILES string of the molecule is CC1CCN(CCC(=O)Nc2c(Cl)cccc2Cl)C(CN)C1. The number of benzene rings is 1. The maximum Gasteiger partial charge on any atom is 0.225 e. The summed E-state index contributed by atoms with van der Waals surface area (Å²) in [6.45, 7) is 4.61. The highest BCUT2D eigenvalue weighted by molar-refractivity contribution is 6.39. The van der Waals surface area contributed by atoms with Gasteiger partial charge in [0.25, 0.3) is 0 Å². The van der Waals surface area contributed by atoms with Gasteiger partial charge < -0.3 is 11.1 Å². The molecule has 22 heavy (non-hydrogen) atoms. The second-order valence-electron chi connectivity index (χ2n) is 5.95. The van der Waals surface area contributed by atoms with Gasteiger partial charge in [0.15, 0.2) is 0 Å². The number of likely N-dealkylation sites (tertiary alicyclic amines) is 1. The van der Waals surface area contributed by atoms with Gasteiger partial charge in [0.2, 0.25) is 5.91 Å². The van der Waals surface area contributed by atoms with Gasteiger partial charge in [0.05, 0.1) is 15.7 Å². The number of hydrogen-bond donors (Lipinski definition) is 2. The molecule has 1 aromatic rings. The molecular formula is C16H23Cl2N3O. The van der Waals surface area contributed by atoms with Gasteiger partial charge in [-0.05, 0) is 37.4 Å². The molecule has 1 aliphatic rings. The quantitative estimate of drug-likeness (QED) is 0.861. The molecule has 2 atom stereocenters. The van der Waals surface area contributed by atoms with Crippen LogP contribution in [0.15, 0.2) is 18.2 Å². The minimum atomic E-state index is -0.0793. The topological polar surface area (TPSA) is 58.4 Å². The molecule has 122 valence electrons. The number of hydrogen-bond acceptors (Lipinski definition) is 3. The molecule has 1 amide bonds. The number of amides is 1. The number of nitrogens with two attached hydrogens (primary N) is 1. The first-order chi connectivity index (χ1) is 10.5. The van der Waals surface area contributed by atoms with Crippen molar-refractivity contribution < 1.29 is 4.79 Å². The van der Waals surface area contributed by atoms with Crippen molar-refractivity contribution in [3.05, 3.63) is 28.2 Å². The predicted octanol–water partition coefficient (Wildman–Crippen LogP) is 3.38. The van der Waals surface area contributed by atoms with E-state index in [1.54, 1.807) is 18.2 Å². The Morgan fingerprint density at radius 1 is 1.41 bits per heavy atom. The molecule has 1 aliphatic heterocycles. The zero-order valence-electron chi connectivity index (χ0n) is 12.8. The summed E-state index contributed by atoms with van der Waals surface area (Å²) in [6, 6.07) is 5.54. The number of carbonyl (C=O) groups is 1. The second-order valence-corrected chi connectivity index (χ2v) is 6.76. The van der Waals surface area contributed by atoms with Crippen molar-refractivity contribution in [1.29, 1.82) is 0 Å². The lowest BCUT2D eigenvalue weighted by Crippen LogP contribution is -2.47. The van der Waals surface area contributed by atoms with E-state index in [-0.39, 0.29) is 5.91 Å². The summed E-state index contributed by atoms with van der Waals surface area (Å²) >= 11 is 12.1. The second kappa shape index (κ2) is 8.16. The monoisotopic (exact) mass is 343 g/mol. The standard InChI is InChI=1S/C16H23Cl2N3O/c1-11-5-7-21(12(9-11)10-19)8-6-15(22)20-16-13(17)3-2-4-14(16)18/h2-4,11-12H,5-10,19H2,1H3,(H,20,22). The van der Waals surface area contributed by atoms with Crippen LogP contribution in [0.1, 0.15) is 26.2 Å². The Hall–Kier alpha value is -0.810. The van der Waals surface area contributed by atoms with Crippen molar-refractivity contribution in [3.8, 4) is 0 Å². The lowest BCUT2D eigenvalue weighted by Gasteiger charge is -2.37. The number of piperidine rings is 1. The van der Waals surface area contributed by atoms with E-state index >= 15 is 0 Å². The van der Waals surface area contributed by atoms with Gasteiger partial charge in [-0.3, -0.25) is 9.69 Å². The maximum absolute atomic E-state index is 12.1. The molecule has 1 saturated heterocycles. The van der Waals surface area contributed by atoms with Gasteiger partial charge >= 0.3 is 0 Å². The van der Waals surface area contributed by atoms with Crippen LogP contribution in [0.4, 0.5) is 5.69 Å². The summed E-state index contributed by atoms with van der Waals surface area (Å²) in [5, 5.41) is 3.70. The lowest BCUT2D eigenvalue weighted by atomic mass is 9.92.